The van der Waals surface area contributed by atoms with Gasteiger partial charge in [0.05, 0.1) is 0 Å². The Hall–Kier alpha value is -2.14. The molecule has 3 N–H and O–H groups in total. The summed E-state index contributed by atoms with van der Waals surface area (Å²) in [6.45, 7) is 2.91. The van der Waals surface area contributed by atoms with Crippen LogP contribution in [0.1, 0.15) is 18.3 Å². The second-order valence-electron chi connectivity index (χ2n) is 4.97. The van der Waals surface area contributed by atoms with E-state index in [1.165, 1.54) is 16.5 Å². The molecule has 0 saturated carbocycles. The smallest absolute Gasteiger partial charge is 0.131 e. The van der Waals surface area contributed by atoms with Crippen LogP contribution in [0.15, 0.2) is 36.5 Å². The quantitative estimate of drug-likeness (QED) is 0.627. The molecule has 108 valence electrons. The standard InChI is InChI=1S/C16H18N4S/c1-2-14-19-15(9-16(21)20-14)17-8-7-11-10-18-13-6-4-3-5-12(11)13/h3-6,9-10,18H,2,7-8H2,1H3,(H2,17,19,20,21). The number of hydrogen-bond donors (Lipinski definition) is 3. The van der Waals surface area contributed by atoms with Crippen molar-refractivity contribution in [3.63, 3.8) is 0 Å². The van der Waals surface area contributed by atoms with Crippen LogP contribution >= 0.6 is 12.2 Å². The molecular formula is C16H18N4S. The molecule has 2 aromatic heterocycles. The maximum atomic E-state index is 5.17. The molecule has 0 aliphatic heterocycles. The highest BCUT2D eigenvalue weighted by Gasteiger charge is 2.03. The van der Waals surface area contributed by atoms with E-state index < -0.39 is 0 Å². The van der Waals surface area contributed by atoms with Crippen molar-refractivity contribution in [2.45, 2.75) is 19.8 Å². The van der Waals surface area contributed by atoms with Gasteiger partial charge in [-0.2, -0.15) is 0 Å². The maximum absolute atomic E-state index is 5.17. The highest BCUT2D eigenvalue weighted by atomic mass is 32.1. The first kappa shape index (κ1) is 13.8. The zero-order chi connectivity index (χ0) is 14.7. The first-order valence-corrected chi connectivity index (χ1v) is 7.56. The van der Waals surface area contributed by atoms with Gasteiger partial charge in [-0.15, -0.1) is 0 Å². The van der Waals surface area contributed by atoms with Crippen LogP contribution in [0.25, 0.3) is 10.9 Å². The van der Waals surface area contributed by atoms with Crippen LogP contribution in [0.5, 0.6) is 0 Å². The number of nitrogens with one attached hydrogen (secondary N) is 3. The summed E-state index contributed by atoms with van der Waals surface area (Å²) in [4.78, 5) is 10.8. The Balaban J connectivity index is 1.69. The van der Waals surface area contributed by atoms with Crippen LogP contribution in [0.3, 0.4) is 0 Å². The monoisotopic (exact) mass is 298 g/mol. The van der Waals surface area contributed by atoms with E-state index in [0.717, 1.165) is 31.0 Å². The van der Waals surface area contributed by atoms with E-state index in [1.807, 2.05) is 12.1 Å². The zero-order valence-electron chi connectivity index (χ0n) is 11.9. The van der Waals surface area contributed by atoms with Gasteiger partial charge < -0.3 is 15.3 Å². The maximum Gasteiger partial charge on any atom is 0.131 e. The number of fused-ring (bicyclic) bond motifs is 1. The molecule has 0 bridgehead atoms. The minimum atomic E-state index is 0.625. The molecule has 0 unspecified atom stereocenters. The van der Waals surface area contributed by atoms with E-state index in [1.54, 1.807) is 0 Å². The SMILES string of the molecule is CCc1nc(=S)cc(NCCc2c[nH]c3ccccc23)[nH]1. The van der Waals surface area contributed by atoms with E-state index in [0.29, 0.717) is 4.64 Å². The van der Waals surface area contributed by atoms with E-state index in [4.69, 9.17) is 12.2 Å². The number of hydrogen-bond acceptors (Lipinski definition) is 3. The van der Waals surface area contributed by atoms with Crippen molar-refractivity contribution in [3.8, 4) is 0 Å². The van der Waals surface area contributed by atoms with Gasteiger partial charge >= 0.3 is 0 Å². The Morgan fingerprint density at radius 3 is 3.00 bits per heavy atom. The van der Waals surface area contributed by atoms with E-state index >= 15 is 0 Å². The lowest BCUT2D eigenvalue weighted by atomic mass is 10.1. The fraction of sp³-hybridized carbons (Fsp3) is 0.250. The molecule has 5 heteroatoms. The lowest BCUT2D eigenvalue weighted by Crippen LogP contribution is -2.07. The summed E-state index contributed by atoms with van der Waals surface area (Å²) in [7, 11) is 0. The number of anilines is 1. The third-order valence-electron chi connectivity index (χ3n) is 3.51. The molecule has 0 saturated heterocycles. The molecule has 4 nitrogen and oxygen atoms in total. The second-order valence-corrected chi connectivity index (χ2v) is 5.39. The summed E-state index contributed by atoms with van der Waals surface area (Å²) in [5.41, 5.74) is 2.51. The molecule has 0 radical (unpaired) electrons. The van der Waals surface area contributed by atoms with Crippen molar-refractivity contribution in [3.05, 3.63) is 52.6 Å². The number of aromatic nitrogens is 3. The van der Waals surface area contributed by atoms with Gasteiger partial charge in [0.1, 0.15) is 16.3 Å². The molecule has 0 fully saturated rings. The molecule has 0 atom stereocenters. The minimum Gasteiger partial charge on any atom is -0.371 e. The molecule has 0 amide bonds. The van der Waals surface area contributed by atoms with Gasteiger partial charge in [0.15, 0.2) is 0 Å². The van der Waals surface area contributed by atoms with Gasteiger partial charge in [-0.3, -0.25) is 0 Å². The summed E-state index contributed by atoms with van der Waals surface area (Å²) in [5, 5.41) is 4.68. The first-order chi connectivity index (χ1) is 10.3. The van der Waals surface area contributed by atoms with Crippen molar-refractivity contribution >= 4 is 28.9 Å². The molecule has 3 rings (SSSR count). The van der Waals surface area contributed by atoms with Crippen LogP contribution in [-0.2, 0) is 12.8 Å². The molecule has 21 heavy (non-hydrogen) atoms. The van der Waals surface area contributed by atoms with Crippen molar-refractivity contribution in [1.82, 2.24) is 15.0 Å². The number of aromatic amines is 2. The predicted molar refractivity (Wildman–Crippen MR) is 89.3 cm³/mol. The van der Waals surface area contributed by atoms with Gasteiger partial charge in [-0.05, 0) is 18.1 Å². The van der Waals surface area contributed by atoms with Crippen LogP contribution in [0.2, 0.25) is 0 Å². The van der Waals surface area contributed by atoms with Crippen LogP contribution < -0.4 is 5.32 Å². The van der Waals surface area contributed by atoms with Gasteiger partial charge in [0, 0.05) is 36.1 Å². The van der Waals surface area contributed by atoms with Crippen molar-refractivity contribution < 1.29 is 0 Å². The lowest BCUT2D eigenvalue weighted by Gasteiger charge is -2.07. The number of benzene rings is 1. The Bertz CT molecular complexity index is 803. The van der Waals surface area contributed by atoms with Crippen molar-refractivity contribution in [1.29, 1.82) is 0 Å². The van der Waals surface area contributed by atoms with Gasteiger partial charge in [-0.25, -0.2) is 4.98 Å². The summed E-state index contributed by atoms with van der Waals surface area (Å²) in [5.74, 6) is 1.85. The number of nitrogens with zero attached hydrogens (tertiary/aromatic N) is 1. The van der Waals surface area contributed by atoms with Crippen LogP contribution in [0, 0.1) is 4.64 Å². The first-order valence-electron chi connectivity index (χ1n) is 7.15. The number of H-pyrrole nitrogens is 2. The molecule has 0 spiro atoms. The molecule has 3 aromatic rings. The van der Waals surface area contributed by atoms with Gasteiger partial charge in [-0.1, -0.05) is 37.3 Å². The molecule has 2 heterocycles. The summed E-state index contributed by atoms with van der Waals surface area (Å²) >= 11 is 5.17. The third-order valence-corrected chi connectivity index (χ3v) is 3.72. The normalized spacial score (nSPS) is 10.9. The molecule has 0 aliphatic rings. The van der Waals surface area contributed by atoms with Gasteiger partial charge in [0.2, 0.25) is 0 Å². The minimum absolute atomic E-state index is 0.625. The van der Waals surface area contributed by atoms with Crippen molar-refractivity contribution in [2.24, 2.45) is 0 Å². The summed E-state index contributed by atoms with van der Waals surface area (Å²) in [6, 6.07) is 10.2. The Morgan fingerprint density at radius 2 is 2.14 bits per heavy atom. The lowest BCUT2D eigenvalue weighted by molar-refractivity contribution is 0.920. The Labute approximate surface area is 128 Å². The van der Waals surface area contributed by atoms with Crippen LogP contribution in [-0.4, -0.2) is 21.5 Å². The highest BCUT2D eigenvalue weighted by molar-refractivity contribution is 7.71. The third kappa shape index (κ3) is 3.13. The Kier molecular flexibility index (Phi) is 4.01. The summed E-state index contributed by atoms with van der Waals surface area (Å²) in [6.07, 6.45) is 3.88. The zero-order valence-corrected chi connectivity index (χ0v) is 12.8. The number of para-hydroxylation sites is 1. The Morgan fingerprint density at radius 1 is 1.29 bits per heavy atom. The van der Waals surface area contributed by atoms with E-state index in [9.17, 15) is 0 Å². The largest absolute Gasteiger partial charge is 0.371 e. The average Bonchev–Trinajstić information content (AvgIpc) is 2.90. The molecular weight excluding hydrogens is 280 g/mol. The summed E-state index contributed by atoms with van der Waals surface area (Å²) < 4.78 is 0.625. The highest BCUT2D eigenvalue weighted by Crippen LogP contribution is 2.18. The average molecular weight is 298 g/mol. The van der Waals surface area contributed by atoms with Crippen molar-refractivity contribution in [2.75, 3.05) is 11.9 Å². The van der Waals surface area contributed by atoms with E-state index in [-0.39, 0.29) is 0 Å². The fourth-order valence-electron chi connectivity index (χ4n) is 2.44. The van der Waals surface area contributed by atoms with Crippen LogP contribution in [0.4, 0.5) is 5.82 Å². The number of aryl methyl sites for hydroxylation is 1. The number of rotatable bonds is 5. The molecule has 1 aromatic carbocycles. The fourth-order valence-corrected chi connectivity index (χ4v) is 2.67. The molecule has 0 aliphatic carbocycles. The second kappa shape index (κ2) is 6.10. The van der Waals surface area contributed by atoms with E-state index in [2.05, 4.69) is 51.6 Å². The predicted octanol–water partition coefficient (Wildman–Crippen LogP) is 3.84. The van der Waals surface area contributed by atoms with Gasteiger partial charge in [0.25, 0.3) is 0 Å². The topological polar surface area (TPSA) is 56.5 Å².